The number of ether oxygens (including phenoxy) is 1. The lowest BCUT2D eigenvalue weighted by Gasteiger charge is -2.37. The second-order valence-electron chi connectivity index (χ2n) is 6.27. The quantitative estimate of drug-likeness (QED) is 0.762. The van der Waals surface area contributed by atoms with Crippen LogP contribution < -0.4 is 5.32 Å². The van der Waals surface area contributed by atoms with Gasteiger partial charge in [-0.15, -0.1) is 0 Å². The highest BCUT2D eigenvalue weighted by atomic mass is 35.5. The zero-order valence-electron chi connectivity index (χ0n) is 14.9. The van der Waals surface area contributed by atoms with Gasteiger partial charge in [0, 0.05) is 30.2 Å². The second-order valence-corrected chi connectivity index (χ2v) is 8.62. The van der Waals surface area contributed by atoms with Crippen LogP contribution in [0.5, 0.6) is 0 Å². The van der Waals surface area contributed by atoms with Crippen molar-refractivity contribution in [2.45, 2.75) is 31.0 Å². The van der Waals surface area contributed by atoms with Crippen molar-refractivity contribution >= 4 is 33.2 Å². The molecule has 0 unspecified atom stereocenters. The molecule has 0 atom stereocenters. The highest BCUT2D eigenvalue weighted by Crippen LogP contribution is 2.25. The van der Waals surface area contributed by atoms with Crippen LogP contribution in [-0.4, -0.2) is 37.8 Å². The van der Waals surface area contributed by atoms with Crippen LogP contribution in [0.4, 0.5) is 5.69 Å². The monoisotopic (exact) mass is 408 g/mol. The predicted octanol–water partition coefficient (Wildman–Crippen LogP) is 3.28. The second kappa shape index (κ2) is 8.39. The molecule has 0 aromatic heterocycles. The number of halogens is 1. The number of nitrogens with zero attached hydrogens (tertiary/aromatic N) is 1. The number of benzene rings is 2. The van der Waals surface area contributed by atoms with E-state index >= 15 is 0 Å². The maximum atomic E-state index is 12.6. The van der Waals surface area contributed by atoms with E-state index in [0.717, 1.165) is 5.56 Å². The highest BCUT2D eigenvalue weighted by Gasteiger charge is 2.37. The number of rotatable bonds is 7. The van der Waals surface area contributed by atoms with E-state index in [9.17, 15) is 13.2 Å². The summed E-state index contributed by atoms with van der Waals surface area (Å²) in [5, 5.41) is 3.33. The van der Waals surface area contributed by atoms with E-state index in [1.165, 1.54) is 16.4 Å². The first-order valence-electron chi connectivity index (χ1n) is 8.65. The summed E-state index contributed by atoms with van der Waals surface area (Å²) < 4.78 is 32.4. The molecule has 1 heterocycles. The number of carbonyl (C=O) groups is 1. The number of amides is 1. The van der Waals surface area contributed by atoms with Gasteiger partial charge in [-0.3, -0.25) is 4.79 Å². The smallest absolute Gasteiger partial charge is 0.243 e. The van der Waals surface area contributed by atoms with E-state index < -0.39 is 10.0 Å². The molecule has 144 valence electrons. The minimum absolute atomic E-state index is 0.119. The maximum absolute atomic E-state index is 12.6. The fourth-order valence-electron chi connectivity index (χ4n) is 2.63. The third kappa shape index (κ3) is 4.68. The van der Waals surface area contributed by atoms with Gasteiger partial charge in [-0.05, 0) is 35.9 Å². The Kier molecular flexibility index (Phi) is 6.16. The lowest BCUT2D eigenvalue weighted by Crippen LogP contribution is -2.54. The van der Waals surface area contributed by atoms with Gasteiger partial charge in [0.2, 0.25) is 15.9 Å². The first-order valence-corrected chi connectivity index (χ1v) is 10.5. The summed E-state index contributed by atoms with van der Waals surface area (Å²) in [5.74, 6) is -0.119. The molecule has 1 N–H and O–H groups in total. The van der Waals surface area contributed by atoms with E-state index in [4.69, 9.17) is 16.3 Å². The van der Waals surface area contributed by atoms with Crippen LogP contribution in [0, 0.1) is 0 Å². The lowest BCUT2D eigenvalue weighted by atomic mass is 10.2. The van der Waals surface area contributed by atoms with Gasteiger partial charge < -0.3 is 10.1 Å². The topological polar surface area (TPSA) is 75.7 Å². The molecule has 0 spiro atoms. The average Bonchev–Trinajstić information content (AvgIpc) is 2.62. The van der Waals surface area contributed by atoms with Crippen LogP contribution in [-0.2, 0) is 26.2 Å². The molecule has 1 aliphatic rings. The van der Waals surface area contributed by atoms with Crippen LogP contribution in [0.25, 0.3) is 0 Å². The predicted molar refractivity (Wildman–Crippen MR) is 104 cm³/mol. The Balaban J connectivity index is 1.54. The van der Waals surface area contributed by atoms with E-state index in [1.54, 1.807) is 25.1 Å². The number of hydrogen-bond acceptors (Lipinski definition) is 4. The molecule has 0 radical (unpaired) electrons. The maximum Gasteiger partial charge on any atom is 0.243 e. The lowest BCUT2D eigenvalue weighted by molar-refractivity contribution is -0.115. The minimum Gasteiger partial charge on any atom is -0.371 e. The van der Waals surface area contributed by atoms with Crippen molar-refractivity contribution in [3.05, 3.63) is 59.1 Å². The van der Waals surface area contributed by atoms with Gasteiger partial charge in [-0.2, -0.15) is 4.31 Å². The minimum atomic E-state index is -3.56. The molecule has 1 amide bonds. The number of anilines is 1. The zero-order valence-corrected chi connectivity index (χ0v) is 16.5. The third-order valence-corrected chi connectivity index (χ3v) is 6.56. The van der Waals surface area contributed by atoms with Gasteiger partial charge in [-0.1, -0.05) is 36.7 Å². The van der Waals surface area contributed by atoms with Gasteiger partial charge in [-0.25, -0.2) is 8.42 Å². The normalized spacial score (nSPS) is 15.3. The summed E-state index contributed by atoms with van der Waals surface area (Å²) >= 11 is 6.09. The van der Waals surface area contributed by atoms with Crippen molar-refractivity contribution in [3.8, 4) is 0 Å². The highest BCUT2D eigenvalue weighted by molar-refractivity contribution is 7.89. The molecule has 2 aromatic carbocycles. The number of sulfonamides is 1. The number of nitrogens with one attached hydrogen (secondary N) is 1. The molecule has 0 bridgehead atoms. The Labute approximate surface area is 164 Å². The third-order valence-electron chi connectivity index (χ3n) is 4.34. The first-order chi connectivity index (χ1) is 12.9. The molecule has 1 aliphatic heterocycles. The number of carbonyl (C=O) groups excluding carboxylic acids is 1. The Morgan fingerprint density at radius 3 is 2.48 bits per heavy atom. The Morgan fingerprint density at radius 2 is 1.85 bits per heavy atom. The summed E-state index contributed by atoms with van der Waals surface area (Å²) in [6, 6.07) is 13.6. The van der Waals surface area contributed by atoms with Crippen molar-refractivity contribution in [2.24, 2.45) is 0 Å². The molecular formula is C19H21ClN2O4S. The van der Waals surface area contributed by atoms with Gasteiger partial charge >= 0.3 is 0 Å². The fraction of sp³-hybridized carbons (Fsp3) is 0.316. The van der Waals surface area contributed by atoms with Crippen molar-refractivity contribution in [1.82, 2.24) is 4.31 Å². The Bertz CT molecular complexity index is 910. The first kappa shape index (κ1) is 19.8. The molecule has 2 aromatic rings. The molecule has 0 aliphatic carbocycles. The van der Waals surface area contributed by atoms with Crippen LogP contribution in [0.1, 0.15) is 18.9 Å². The molecule has 1 fully saturated rings. The van der Waals surface area contributed by atoms with E-state index in [0.29, 0.717) is 36.8 Å². The standard InChI is InChI=1S/C19H21ClN2O4S/c1-2-19(23)21-15-7-9-17(10-8-15)27(24,25)22-11-16(12-22)26-13-14-5-3-4-6-18(14)20/h3-10,16H,2,11-13H2,1H3,(H,21,23). The Morgan fingerprint density at radius 1 is 1.19 bits per heavy atom. The number of hydrogen-bond donors (Lipinski definition) is 1. The van der Waals surface area contributed by atoms with Crippen molar-refractivity contribution < 1.29 is 17.9 Å². The van der Waals surface area contributed by atoms with Crippen LogP contribution in [0.2, 0.25) is 5.02 Å². The summed E-state index contributed by atoms with van der Waals surface area (Å²) in [6.07, 6.45) is 0.211. The molecule has 1 saturated heterocycles. The summed E-state index contributed by atoms with van der Waals surface area (Å²) in [7, 11) is -3.56. The van der Waals surface area contributed by atoms with Crippen LogP contribution in [0.15, 0.2) is 53.4 Å². The summed E-state index contributed by atoms with van der Waals surface area (Å²) in [6.45, 7) is 2.72. The molecule has 27 heavy (non-hydrogen) atoms. The van der Waals surface area contributed by atoms with Gasteiger partial charge in [0.15, 0.2) is 0 Å². The van der Waals surface area contributed by atoms with E-state index in [1.807, 2.05) is 18.2 Å². The van der Waals surface area contributed by atoms with Gasteiger partial charge in [0.25, 0.3) is 0 Å². The molecule has 0 saturated carbocycles. The molecule has 8 heteroatoms. The Hall–Kier alpha value is -1.93. The van der Waals surface area contributed by atoms with E-state index in [2.05, 4.69) is 5.32 Å². The molecule has 6 nitrogen and oxygen atoms in total. The van der Waals surface area contributed by atoms with Gasteiger partial charge in [0.1, 0.15) is 0 Å². The van der Waals surface area contributed by atoms with Crippen molar-refractivity contribution in [1.29, 1.82) is 0 Å². The largest absolute Gasteiger partial charge is 0.371 e. The molecule has 3 rings (SSSR count). The zero-order chi connectivity index (χ0) is 19.4. The van der Waals surface area contributed by atoms with Crippen LogP contribution >= 0.6 is 11.6 Å². The molecular weight excluding hydrogens is 388 g/mol. The van der Waals surface area contributed by atoms with Crippen LogP contribution in [0.3, 0.4) is 0 Å². The SMILES string of the molecule is CCC(=O)Nc1ccc(S(=O)(=O)N2CC(OCc3ccccc3Cl)C2)cc1. The fourth-order valence-corrected chi connectivity index (χ4v) is 4.33. The average molecular weight is 409 g/mol. The van der Waals surface area contributed by atoms with Crippen molar-refractivity contribution in [3.63, 3.8) is 0 Å². The summed E-state index contributed by atoms with van der Waals surface area (Å²) in [5.41, 5.74) is 1.45. The van der Waals surface area contributed by atoms with E-state index in [-0.39, 0.29) is 16.9 Å². The summed E-state index contributed by atoms with van der Waals surface area (Å²) in [4.78, 5) is 11.6. The van der Waals surface area contributed by atoms with Crippen molar-refractivity contribution in [2.75, 3.05) is 18.4 Å². The van der Waals surface area contributed by atoms with Gasteiger partial charge in [0.05, 0.1) is 17.6 Å².